The van der Waals surface area contributed by atoms with E-state index >= 15 is 0 Å². The molecule has 32 heavy (non-hydrogen) atoms. The molecule has 3 heterocycles. The molecule has 3 aromatic rings. The zero-order chi connectivity index (χ0) is 23.3. The Labute approximate surface area is 199 Å². The molecule has 0 bridgehead atoms. The molecule has 174 valence electrons. The summed E-state index contributed by atoms with van der Waals surface area (Å²) in [5, 5.41) is 0. The Kier molecular flexibility index (Phi) is 11.4. The van der Waals surface area contributed by atoms with Gasteiger partial charge in [-0.1, -0.05) is 11.9 Å². The van der Waals surface area contributed by atoms with E-state index in [0.717, 1.165) is 43.1 Å². The zero-order valence-corrected chi connectivity index (χ0v) is 20.8. The second kappa shape index (κ2) is 14.0. The number of aromatic nitrogens is 3. The Bertz CT molecular complexity index is 972. The number of thiol groups is 1. The van der Waals surface area contributed by atoms with Crippen molar-refractivity contribution >= 4 is 35.6 Å². The van der Waals surface area contributed by atoms with E-state index in [0.29, 0.717) is 22.9 Å². The maximum Gasteiger partial charge on any atom is 0.242 e. The fraction of sp³-hybridized carbons (Fsp3) is 0.409. The van der Waals surface area contributed by atoms with Gasteiger partial charge in [-0.15, -0.1) is 0 Å². The lowest BCUT2D eigenvalue weighted by molar-refractivity contribution is 0.0775. The quantitative estimate of drug-likeness (QED) is 0.434. The molecule has 1 aliphatic heterocycles. The van der Waals surface area contributed by atoms with E-state index in [-0.39, 0.29) is 0 Å². The Morgan fingerprint density at radius 2 is 1.62 bits per heavy atom. The molecular formula is C22H30N4O4S2. The lowest BCUT2D eigenvalue weighted by atomic mass is 10.1. The first-order chi connectivity index (χ1) is 15.7. The first-order valence-corrected chi connectivity index (χ1v) is 12.0. The first-order valence-electron chi connectivity index (χ1n) is 9.89. The van der Waals surface area contributed by atoms with Gasteiger partial charge >= 0.3 is 0 Å². The largest absolute Gasteiger partial charge is 0.493 e. The molecule has 8 nitrogen and oxygen atoms in total. The minimum Gasteiger partial charge on any atom is -0.493 e. The predicted octanol–water partition coefficient (Wildman–Crippen LogP) is 3.86. The van der Waals surface area contributed by atoms with E-state index in [1.807, 2.05) is 24.3 Å². The van der Waals surface area contributed by atoms with Crippen LogP contribution in [0.5, 0.6) is 17.4 Å². The fourth-order valence-corrected chi connectivity index (χ4v) is 3.47. The Morgan fingerprint density at radius 3 is 2.22 bits per heavy atom. The molecule has 1 saturated heterocycles. The van der Waals surface area contributed by atoms with Gasteiger partial charge in [0.2, 0.25) is 5.88 Å². The molecule has 0 unspecified atom stereocenters. The minimum atomic E-state index is 0.440. The third-order valence-electron chi connectivity index (χ3n) is 4.53. The SMILES string of the molecule is COc1ccc(-c2cc3nccnc3c(OC)n2)cc1OC.CS.CSN1CCOCC1. The summed E-state index contributed by atoms with van der Waals surface area (Å²) in [6.45, 7) is 3.98. The molecule has 0 spiro atoms. The summed E-state index contributed by atoms with van der Waals surface area (Å²) < 4.78 is 23.4. The maximum absolute atomic E-state index is 5.33. The molecule has 10 heteroatoms. The van der Waals surface area contributed by atoms with Crippen molar-refractivity contribution < 1.29 is 18.9 Å². The minimum absolute atomic E-state index is 0.440. The van der Waals surface area contributed by atoms with Gasteiger partial charge in [0.25, 0.3) is 0 Å². The molecule has 2 aromatic heterocycles. The molecule has 0 aliphatic carbocycles. The van der Waals surface area contributed by atoms with E-state index in [4.69, 9.17) is 18.9 Å². The van der Waals surface area contributed by atoms with Gasteiger partial charge in [0.15, 0.2) is 17.0 Å². The van der Waals surface area contributed by atoms with Crippen molar-refractivity contribution in [1.82, 2.24) is 19.3 Å². The van der Waals surface area contributed by atoms with Crippen molar-refractivity contribution in [2.24, 2.45) is 0 Å². The number of benzene rings is 1. The van der Waals surface area contributed by atoms with Gasteiger partial charge < -0.3 is 18.9 Å². The Hall–Kier alpha value is -2.27. The highest BCUT2D eigenvalue weighted by atomic mass is 32.2. The van der Waals surface area contributed by atoms with Gasteiger partial charge in [-0.3, -0.25) is 4.98 Å². The third kappa shape index (κ3) is 6.86. The van der Waals surface area contributed by atoms with Gasteiger partial charge in [-0.2, -0.15) is 12.6 Å². The van der Waals surface area contributed by atoms with Crippen LogP contribution >= 0.6 is 24.6 Å². The van der Waals surface area contributed by atoms with Crippen molar-refractivity contribution in [3.05, 3.63) is 36.7 Å². The van der Waals surface area contributed by atoms with Crippen LogP contribution in [0.1, 0.15) is 0 Å². The molecule has 1 aromatic carbocycles. The van der Waals surface area contributed by atoms with Crippen molar-refractivity contribution in [2.45, 2.75) is 0 Å². The second-order valence-electron chi connectivity index (χ2n) is 6.23. The molecule has 1 fully saturated rings. The van der Waals surface area contributed by atoms with Crippen molar-refractivity contribution in [1.29, 1.82) is 0 Å². The standard InChI is InChI=1S/C16H15N3O3.C5H11NOS.CH4S/c1-20-13-5-4-10(8-14(13)21-2)11-9-12-15(16(19-11)22-3)18-7-6-17-12;1-8-6-2-4-7-5-3-6;1-2/h4-9H,1-3H3;2-5H2,1H3;2H,1H3. The summed E-state index contributed by atoms with van der Waals surface area (Å²) in [5.74, 6) is 1.74. The molecule has 0 radical (unpaired) electrons. The van der Waals surface area contributed by atoms with Crippen LogP contribution in [0.3, 0.4) is 0 Å². The predicted molar refractivity (Wildman–Crippen MR) is 133 cm³/mol. The smallest absolute Gasteiger partial charge is 0.242 e. The van der Waals surface area contributed by atoms with Crippen LogP contribution in [0.4, 0.5) is 0 Å². The summed E-state index contributed by atoms with van der Waals surface area (Å²) in [4.78, 5) is 13.1. The summed E-state index contributed by atoms with van der Waals surface area (Å²) in [5.41, 5.74) is 2.96. The summed E-state index contributed by atoms with van der Waals surface area (Å²) in [6, 6.07) is 7.48. The number of rotatable bonds is 5. The van der Waals surface area contributed by atoms with E-state index in [1.165, 1.54) is 0 Å². The van der Waals surface area contributed by atoms with Crippen LogP contribution in [-0.4, -0.2) is 79.4 Å². The zero-order valence-electron chi connectivity index (χ0n) is 19.1. The van der Waals surface area contributed by atoms with Crippen molar-refractivity contribution in [3.8, 4) is 28.6 Å². The normalized spacial score (nSPS) is 13.3. The molecule has 0 saturated carbocycles. The van der Waals surface area contributed by atoms with Crippen LogP contribution in [0.2, 0.25) is 0 Å². The number of hydrogen-bond acceptors (Lipinski definition) is 10. The molecular weight excluding hydrogens is 448 g/mol. The van der Waals surface area contributed by atoms with E-state index in [9.17, 15) is 0 Å². The molecule has 4 rings (SSSR count). The van der Waals surface area contributed by atoms with Crippen LogP contribution < -0.4 is 14.2 Å². The van der Waals surface area contributed by atoms with Crippen LogP contribution in [0.15, 0.2) is 36.7 Å². The molecule has 1 aliphatic rings. The van der Waals surface area contributed by atoms with E-state index < -0.39 is 0 Å². The monoisotopic (exact) mass is 478 g/mol. The fourth-order valence-electron chi connectivity index (χ4n) is 2.96. The van der Waals surface area contributed by atoms with Gasteiger partial charge in [-0.05, 0) is 36.8 Å². The number of ether oxygens (including phenoxy) is 4. The van der Waals surface area contributed by atoms with Gasteiger partial charge in [0.05, 0.1) is 45.8 Å². The summed E-state index contributed by atoms with van der Waals surface area (Å²) in [6.07, 6.45) is 7.05. The topological polar surface area (TPSA) is 78.8 Å². The van der Waals surface area contributed by atoms with Gasteiger partial charge in [0.1, 0.15) is 0 Å². The Balaban J connectivity index is 0.000000304. The van der Waals surface area contributed by atoms with Crippen LogP contribution in [0.25, 0.3) is 22.3 Å². The number of hydrogen-bond donors (Lipinski definition) is 1. The number of fused-ring (bicyclic) bond motifs is 1. The lowest BCUT2D eigenvalue weighted by Gasteiger charge is -2.23. The number of methoxy groups -OCH3 is 3. The van der Waals surface area contributed by atoms with Gasteiger partial charge in [0, 0.05) is 31.0 Å². The van der Waals surface area contributed by atoms with Crippen molar-refractivity contribution in [2.75, 3.05) is 60.1 Å². The molecule has 0 N–H and O–H groups in total. The highest BCUT2D eigenvalue weighted by Crippen LogP contribution is 2.33. The third-order valence-corrected chi connectivity index (χ3v) is 5.41. The highest BCUT2D eigenvalue weighted by Gasteiger charge is 2.12. The van der Waals surface area contributed by atoms with Crippen LogP contribution in [0, 0.1) is 0 Å². The van der Waals surface area contributed by atoms with Gasteiger partial charge in [-0.25, -0.2) is 14.3 Å². The van der Waals surface area contributed by atoms with Crippen molar-refractivity contribution in [3.63, 3.8) is 0 Å². The highest BCUT2D eigenvalue weighted by molar-refractivity contribution is 7.96. The number of nitrogens with zero attached hydrogens (tertiary/aromatic N) is 4. The summed E-state index contributed by atoms with van der Waals surface area (Å²) >= 11 is 5.33. The maximum atomic E-state index is 5.33. The van der Waals surface area contributed by atoms with E-state index in [1.54, 1.807) is 51.9 Å². The molecule has 0 amide bonds. The second-order valence-corrected chi connectivity index (χ2v) is 7.12. The number of morpholine rings is 1. The summed E-state index contributed by atoms with van der Waals surface area (Å²) in [7, 11) is 4.76. The van der Waals surface area contributed by atoms with Crippen LogP contribution in [-0.2, 0) is 4.74 Å². The first kappa shape index (κ1) is 26.0. The Morgan fingerprint density at radius 1 is 0.938 bits per heavy atom. The van der Waals surface area contributed by atoms with E-state index in [2.05, 4.69) is 38.1 Å². The average Bonchev–Trinajstić information content (AvgIpc) is 2.89. The molecule has 0 atom stereocenters. The number of pyridine rings is 1. The lowest BCUT2D eigenvalue weighted by Crippen LogP contribution is -2.30. The average molecular weight is 479 g/mol.